The number of benzene rings is 1. The van der Waals surface area contributed by atoms with E-state index in [1.807, 2.05) is 25.2 Å². The van der Waals surface area contributed by atoms with E-state index in [1.54, 1.807) is 11.3 Å². The molecule has 55 valence electrons. The maximum absolute atomic E-state index is 4.12. The minimum absolute atomic E-state index is 1.01. The molecule has 0 atom stereocenters. The number of hydrogen-bond donors (Lipinski definition) is 1. The van der Waals surface area contributed by atoms with Crippen LogP contribution in [0.15, 0.2) is 18.2 Å². The molecular weight excluding hydrogens is 156 g/mol. The number of nitrogens with one attached hydrogen (secondary N) is 1. The number of fused-ring (bicyclic) bond motifs is 1. The molecule has 11 heavy (non-hydrogen) atoms. The van der Waals surface area contributed by atoms with Crippen LogP contribution in [0.1, 0.15) is 0 Å². The molecule has 0 aliphatic rings. The van der Waals surface area contributed by atoms with Crippen LogP contribution < -0.4 is 5.32 Å². The van der Waals surface area contributed by atoms with Crippen LogP contribution in [-0.2, 0) is 0 Å². The summed E-state index contributed by atoms with van der Waals surface area (Å²) in [6, 6.07) is 6.07. The van der Waals surface area contributed by atoms with Gasteiger partial charge in [0, 0.05) is 7.05 Å². The fourth-order valence-corrected chi connectivity index (χ4v) is 1.67. The second-order valence-corrected chi connectivity index (χ2v) is 3.03. The van der Waals surface area contributed by atoms with E-state index in [9.17, 15) is 0 Å². The van der Waals surface area contributed by atoms with E-state index >= 15 is 0 Å². The van der Waals surface area contributed by atoms with E-state index in [4.69, 9.17) is 0 Å². The van der Waals surface area contributed by atoms with Crippen LogP contribution in [0.5, 0.6) is 0 Å². The van der Waals surface area contributed by atoms with Crippen LogP contribution in [0.2, 0.25) is 0 Å². The number of nitrogens with zero attached hydrogens (tertiary/aromatic N) is 1. The standard InChI is InChI=1S/C8H7N2S/c1-9-6-3-2-4-7-8(6)10-5-11-7/h2-4,9H,1H3. The lowest BCUT2D eigenvalue weighted by Gasteiger charge is -1.98. The molecule has 2 nitrogen and oxygen atoms in total. The van der Waals surface area contributed by atoms with Crippen molar-refractivity contribution in [2.75, 3.05) is 12.4 Å². The van der Waals surface area contributed by atoms with Crippen molar-refractivity contribution in [1.82, 2.24) is 4.98 Å². The second kappa shape index (κ2) is 2.51. The summed E-state index contributed by atoms with van der Waals surface area (Å²) in [4.78, 5) is 4.12. The van der Waals surface area contributed by atoms with Crippen molar-refractivity contribution in [1.29, 1.82) is 0 Å². The average Bonchev–Trinajstić information content (AvgIpc) is 2.50. The van der Waals surface area contributed by atoms with E-state index in [-0.39, 0.29) is 0 Å². The number of para-hydroxylation sites is 1. The molecule has 0 aliphatic heterocycles. The van der Waals surface area contributed by atoms with E-state index in [0.29, 0.717) is 0 Å². The minimum atomic E-state index is 1.01. The average molecular weight is 163 g/mol. The van der Waals surface area contributed by atoms with Crippen LogP contribution in [0.3, 0.4) is 0 Å². The highest BCUT2D eigenvalue weighted by molar-refractivity contribution is 7.16. The monoisotopic (exact) mass is 163 g/mol. The Labute approximate surface area is 68.9 Å². The van der Waals surface area contributed by atoms with Gasteiger partial charge in [-0.1, -0.05) is 6.07 Å². The Morgan fingerprint density at radius 1 is 1.55 bits per heavy atom. The molecule has 1 aromatic carbocycles. The highest BCUT2D eigenvalue weighted by Crippen LogP contribution is 2.23. The summed E-state index contributed by atoms with van der Waals surface area (Å²) in [6.45, 7) is 0. The zero-order valence-electron chi connectivity index (χ0n) is 6.09. The number of anilines is 1. The molecule has 1 radical (unpaired) electrons. The molecule has 0 aliphatic carbocycles. The van der Waals surface area contributed by atoms with Crippen molar-refractivity contribution in [3.63, 3.8) is 0 Å². The van der Waals surface area contributed by atoms with Gasteiger partial charge in [-0.25, -0.2) is 4.98 Å². The third-order valence-corrected chi connectivity index (χ3v) is 2.31. The number of thiazole rings is 1. The van der Waals surface area contributed by atoms with Crippen LogP contribution in [-0.4, -0.2) is 12.0 Å². The van der Waals surface area contributed by atoms with Gasteiger partial charge in [-0.3, -0.25) is 0 Å². The van der Waals surface area contributed by atoms with E-state index < -0.39 is 0 Å². The highest BCUT2D eigenvalue weighted by Gasteiger charge is 1.99. The topological polar surface area (TPSA) is 24.9 Å². The Kier molecular flexibility index (Phi) is 1.51. The summed E-state index contributed by atoms with van der Waals surface area (Å²) < 4.78 is 1.18. The van der Waals surface area contributed by atoms with Crippen molar-refractivity contribution in [2.45, 2.75) is 0 Å². The van der Waals surface area contributed by atoms with Gasteiger partial charge in [0.15, 0.2) is 5.51 Å². The first-order chi connectivity index (χ1) is 5.42. The Morgan fingerprint density at radius 3 is 3.27 bits per heavy atom. The first-order valence-electron chi connectivity index (χ1n) is 3.35. The van der Waals surface area contributed by atoms with Crippen LogP contribution in [0.25, 0.3) is 10.2 Å². The molecule has 3 heteroatoms. The van der Waals surface area contributed by atoms with Gasteiger partial charge in [0.05, 0.1) is 10.4 Å². The van der Waals surface area contributed by atoms with Gasteiger partial charge in [0.1, 0.15) is 5.52 Å². The summed E-state index contributed by atoms with van der Waals surface area (Å²) in [5, 5.41) is 3.08. The lowest BCUT2D eigenvalue weighted by atomic mass is 10.3. The lowest BCUT2D eigenvalue weighted by Crippen LogP contribution is -1.87. The Bertz CT molecular complexity index is 367. The molecule has 0 spiro atoms. The van der Waals surface area contributed by atoms with Gasteiger partial charge in [0.2, 0.25) is 0 Å². The zero-order chi connectivity index (χ0) is 7.68. The third kappa shape index (κ3) is 0.973. The predicted octanol–water partition coefficient (Wildman–Crippen LogP) is 2.14. The van der Waals surface area contributed by atoms with Crippen molar-refractivity contribution < 1.29 is 0 Å². The van der Waals surface area contributed by atoms with Gasteiger partial charge in [0.25, 0.3) is 0 Å². The number of hydrogen-bond acceptors (Lipinski definition) is 3. The van der Waals surface area contributed by atoms with Crippen molar-refractivity contribution in [3.8, 4) is 0 Å². The Balaban J connectivity index is 2.79. The first kappa shape index (κ1) is 6.61. The maximum atomic E-state index is 4.12. The van der Waals surface area contributed by atoms with Crippen LogP contribution in [0.4, 0.5) is 5.69 Å². The quantitative estimate of drug-likeness (QED) is 0.696. The highest BCUT2D eigenvalue weighted by atomic mass is 32.1. The molecule has 0 unspecified atom stereocenters. The SMILES string of the molecule is CNc1cccc2s[c]nc12. The Morgan fingerprint density at radius 2 is 2.45 bits per heavy atom. The molecule has 0 amide bonds. The van der Waals surface area contributed by atoms with Gasteiger partial charge in [-0.2, -0.15) is 0 Å². The summed E-state index contributed by atoms with van der Waals surface area (Å²) in [7, 11) is 1.90. The molecule has 0 bridgehead atoms. The van der Waals surface area contributed by atoms with E-state index in [1.165, 1.54) is 4.70 Å². The predicted molar refractivity (Wildman–Crippen MR) is 48.0 cm³/mol. The minimum Gasteiger partial charge on any atom is -0.386 e. The zero-order valence-corrected chi connectivity index (χ0v) is 6.90. The fourth-order valence-electron chi connectivity index (χ4n) is 1.04. The Hall–Kier alpha value is -1.09. The molecule has 2 aromatic rings. The summed E-state index contributed by atoms with van der Waals surface area (Å²) in [5.74, 6) is 0. The first-order valence-corrected chi connectivity index (χ1v) is 4.17. The summed E-state index contributed by atoms with van der Waals surface area (Å²) >= 11 is 1.54. The van der Waals surface area contributed by atoms with Crippen molar-refractivity contribution in [3.05, 3.63) is 23.7 Å². The molecular formula is C8H7N2S. The maximum Gasteiger partial charge on any atom is 0.153 e. The number of aromatic nitrogens is 1. The van der Waals surface area contributed by atoms with Gasteiger partial charge >= 0.3 is 0 Å². The molecule has 1 aromatic heterocycles. The molecule has 1 N–H and O–H groups in total. The molecule has 0 saturated heterocycles. The van der Waals surface area contributed by atoms with E-state index in [0.717, 1.165) is 11.2 Å². The second-order valence-electron chi connectivity index (χ2n) is 2.21. The fraction of sp³-hybridized carbons (Fsp3) is 0.125. The third-order valence-electron chi connectivity index (χ3n) is 1.58. The largest absolute Gasteiger partial charge is 0.386 e. The smallest absolute Gasteiger partial charge is 0.153 e. The van der Waals surface area contributed by atoms with E-state index in [2.05, 4.69) is 15.8 Å². The van der Waals surface area contributed by atoms with Crippen LogP contribution in [0, 0.1) is 5.51 Å². The molecule has 2 rings (SSSR count). The van der Waals surface area contributed by atoms with Gasteiger partial charge in [-0.05, 0) is 12.1 Å². The van der Waals surface area contributed by atoms with Crippen molar-refractivity contribution >= 4 is 27.2 Å². The summed E-state index contributed by atoms with van der Waals surface area (Å²) in [6.07, 6.45) is 0. The summed E-state index contributed by atoms with van der Waals surface area (Å²) in [5.41, 5.74) is 4.95. The molecule has 0 saturated carbocycles. The molecule has 1 heterocycles. The van der Waals surface area contributed by atoms with Crippen LogP contribution >= 0.6 is 11.3 Å². The van der Waals surface area contributed by atoms with Crippen molar-refractivity contribution in [2.24, 2.45) is 0 Å². The normalized spacial score (nSPS) is 10.3. The van der Waals surface area contributed by atoms with Gasteiger partial charge < -0.3 is 5.32 Å². The molecule has 0 fully saturated rings. The van der Waals surface area contributed by atoms with Gasteiger partial charge in [-0.15, -0.1) is 11.3 Å². The lowest BCUT2D eigenvalue weighted by molar-refractivity contribution is 1.45. The number of rotatable bonds is 1.